The Kier molecular flexibility index (Phi) is 3.88. The maximum Gasteiger partial charge on any atom is 0.155 e. The van der Waals surface area contributed by atoms with Crippen LogP contribution >= 0.6 is 27.5 Å². The molecule has 0 aliphatic heterocycles. The third kappa shape index (κ3) is 2.29. The lowest BCUT2D eigenvalue weighted by Gasteiger charge is -2.10. The average Bonchev–Trinajstić information content (AvgIpc) is 2.12. The molecule has 0 N–H and O–H groups in total. The van der Waals surface area contributed by atoms with Gasteiger partial charge in [0, 0.05) is 0 Å². The van der Waals surface area contributed by atoms with Crippen LogP contribution in [0.1, 0.15) is 6.92 Å². The lowest BCUT2D eigenvalue weighted by molar-refractivity contribution is 0.334. The highest BCUT2D eigenvalue weighted by molar-refractivity contribution is 9.10. The van der Waals surface area contributed by atoms with Gasteiger partial charge in [-0.25, -0.2) is 0 Å². The molecule has 1 aromatic carbocycles. The van der Waals surface area contributed by atoms with Gasteiger partial charge in [0.05, 0.1) is 18.2 Å². The van der Waals surface area contributed by atoms with Crippen molar-refractivity contribution in [2.24, 2.45) is 0 Å². The Morgan fingerprint density at radius 1 is 1.46 bits per heavy atom. The minimum atomic E-state index is 0.499. The molecule has 0 aliphatic rings. The van der Waals surface area contributed by atoms with E-state index in [2.05, 4.69) is 15.9 Å². The van der Waals surface area contributed by atoms with E-state index < -0.39 is 0 Å². The molecule has 1 rings (SSSR count). The summed E-state index contributed by atoms with van der Waals surface area (Å²) in [6.07, 6.45) is 0. The molecule has 0 saturated carbocycles. The summed E-state index contributed by atoms with van der Waals surface area (Å²) in [6, 6.07) is 3.63. The molecule has 0 heterocycles. The van der Waals surface area contributed by atoms with E-state index in [-0.39, 0.29) is 0 Å². The molecule has 1 aromatic rings. The molecule has 0 aromatic heterocycles. The highest BCUT2D eigenvalue weighted by atomic mass is 79.9. The molecule has 13 heavy (non-hydrogen) atoms. The molecule has 0 saturated heterocycles. The van der Waals surface area contributed by atoms with Gasteiger partial charge >= 0.3 is 0 Å². The third-order valence-corrected chi connectivity index (χ3v) is 2.50. The van der Waals surface area contributed by atoms with E-state index in [1.165, 1.54) is 0 Å². The van der Waals surface area contributed by atoms with E-state index in [0.29, 0.717) is 23.1 Å². The van der Waals surface area contributed by atoms with Crippen molar-refractivity contribution in [3.63, 3.8) is 0 Å². The molecular weight excluding hydrogens is 255 g/mol. The number of ether oxygens (including phenoxy) is 2. The Hall–Kier alpha value is -0.410. The van der Waals surface area contributed by atoms with Crippen molar-refractivity contribution in [1.82, 2.24) is 0 Å². The summed E-state index contributed by atoms with van der Waals surface area (Å²) < 4.78 is 11.2. The molecule has 0 bridgehead atoms. The number of benzene rings is 1. The molecule has 0 spiro atoms. The van der Waals surface area contributed by atoms with Crippen molar-refractivity contribution >= 4 is 27.5 Å². The third-order valence-electron chi connectivity index (χ3n) is 1.52. The van der Waals surface area contributed by atoms with Crippen LogP contribution in [0.5, 0.6) is 11.5 Å². The van der Waals surface area contributed by atoms with E-state index in [4.69, 9.17) is 21.1 Å². The molecule has 0 atom stereocenters. The van der Waals surface area contributed by atoms with Crippen LogP contribution in [0.4, 0.5) is 0 Å². The van der Waals surface area contributed by atoms with Crippen LogP contribution in [0.2, 0.25) is 5.02 Å². The summed E-state index contributed by atoms with van der Waals surface area (Å²) in [4.78, 5) is 0. The fraction of sp³-hybridized carbons (Fsp3) is 0.333. The zero-order valence-electron chi connectivity index (χ0n) is 7.43. The van der Waals surface area contributed by atoms with Crippen LogP contribution in [-0.2, 0) is 0 Å². The fourth-order valence-electron chi connectivity index (χ4n) is 0.949. The predicted molar refractivity (Wildman–Crippen MR) is 56.9 cm³/mol. The minimum Gasteiger partial charge on any atom is -0.495 e. The van der Waals surface area contributed by atoms with Gasteiger partial charge in [-0.05, 0) is 35.0 Å². The average molecular weight is 266 g/mol. The van der Waals surface area contributed by atoms with Crippen molar-refractivity contribution < 1.29 is 9.47 Å². The van der Waals surface area contributed by atoms with Gasteiger partial charge in [0.1, 0.15) is 10.8 Å². The first-order valence-electron chi connectivity index (χ1n) is 3.85. The molecule has 2 nitrogen and oxygen atoms in total. The second kappa shape index (κ2) is 4.72. The summed E-state index contributed by atoms with van der Waals surface area (Å²) in [7, 11) is 1.57. The topological polar surface area (TPSA) is 18.5 Å². The van der Waals surface area contributed by atoms with Crippen molar-refractivity contribution in [2.45, 2.75) is 6.92 Å². The SMILES string of the molecule is CCOc1c(Br)ccc(OC)c1Cl. The summed E-state index contributed by atoms with van der Waals surface area (Å²) in [5.41, 5.74) is 0. The van der Waals surface area contributed by atoms with Crippen molar-refractivity contribution in [1.29, 1.82) is 0 Å². The quantitative estimate of drug-likeness (QED) is 0.833. The van der Waals surface area contributed by atoms with Gasteiger partial charge < -0.3 is 9.47 Å². The number of hydrogen-bond donors (Lipinski definition) is 0. The van der Waals surface area contributed by atoms with Crippen molar-refractivity contribution in [3.8, 4) is 11.5 Å². The molecule has 4 heteroatoms. The summed E-state index contributed by atoms with van der Waals surface area (Å²) >= 11 is 9.36. The number of methoxy groups -OCH3 is 1. The molecule has 0 fully saturated rings. The first kappa shape index (κ1) is 10.7. The molecule has 0 radical (unpaired) electrons. The fourth-order valence-corrected chi connectivity index (χ4v) is 1.80. The lowest BCUT2D eigenvalue weighted by Crippen LogP contribution is -1.95. The van der Waals surface area contributed by atoms with Gasteiger partial charge in [-0.3, -0.25) is 0 Å². The Morgan fingerprint density at radius 3 is 2.69 bits per heavy atom. The number of halogens is 2. The second-order valence-electron chi connectivity index (χ2n) is 2.33. The highest BCUT2D eigenvalue weighted by Crippen LogP contribution is 2.39. The van der Waals surface area contributed by atoms with Crippen molar-refractivity contribution in [3.05, 3.63) is 21.6 Å². The zero-order valence-corrected chi connectivity index (χ0v) is 9.78. The summed E-state index contributed by atoms with van der Waals surface area (Å²) in [6.45, 7) is 2.48. The number of hydrogen-bond acceptors (Lipinski definition) is 2. The Morgan fingerprint density at radius 2 is 2.15 bits per heavy atom. The van der Waals surface area contributed by atoms with Crippen LogP contribution in [0.25, 0.3) is 0 Å². The summed E-state index contributed by atoms with van der Waals surface area (Å²) in [5.74, 6) is 1.25. The van der Waals surface area contributed by atoms with E-state index in [1.807, 2.05) is 13.0 Å². The van der Waals surface area contributed by atoms with Gasteiger partial charge in [0.15, 0.2) is 5.75 Å². The standard InChI is InChI=1S/C9H10BrClO2/c1-3-13-9-6(10)4-5-7(12-2)8(9)11/h4-5H,3H2,1-2H3. The maximum absolute atomic E-state index is 6.01. The van der Waals surface area contributed by atoms with E-state index in [9.17, 15) is 0 Å². The Balaban J connectivity index is 3.13. The molecule has 0 unspecified atom stereocenters. The van der Waals surface area contributed by atoms with Gasteiger partial charge in [-0.1, -0.05) is 11.6 Å². The van der Waals surface area contributed by atoms with E-state index >= 15 is 0 Å². The Labute approximate surface area is 90.9 Å². The van der Waals surface area contributed by atoms with E-state index in [1.54, 1.807) is 13.2 Å². The second-order valence-corrected chi connectivity index (χ2v) is 3.56. The monoisotopic (exact) mass is 264 g/mol. The Bertz CT molecular complexity index is 302. The van der Waals surface area contributed by atoms with Crippen LogP contribution in [-0.4, -0.2) is 13.7 Å². The minimum absolute atomic E-state index is 0.499. The lowest BCUT2D eigenvalue weighted by atomic mass is 10.3. The van der Waals surface area contributed by atoms with Gasteiger partial charge in [-0.2, -0.15) is 0 Å². The van der Waals surface area contributed by atoms with Crippen LogP contribution in [0, 0.1) is 0 Å². The molecule has 0 aliphatic carbocycles. The predicted octanol–water partition coefficient (Wildman–Crippen LogP) is 3.51. The maximum atomic E-state index is 6.01. The van der Waals surface area contributed by atoms with E-state index in [0.717, 1.165) is 4.47 Å². The van der Waals surface area contributed by atoms with Gasteiger partial charge in [0.2, 0.25) is 0 Å². The molecular formula is C9H10BrClO2. The largest absolute Gasteiger partial charge is 0.495 e. The summed E-state index contributed by atoms with van der Waals surface area (Å²) in [5, 5.41) is 0.499. The van der Waals surface area contributed by atoms with Gasteiger partial charge in [-0.15, -0.1) is 0 Å². The first-order chi connectivity index (χ1) is 6.20. The number of rotatable bonds is 3. The smallest absolute Gasteiger partial charge is 0.155 e. The first-order valence-corrected chi connectivity index (χ1v) is 5.02. The molecule has 72 valence electrons. The zero-order chi connectivity index (χ0) is 9.84. The van der Waals surface area contributed by atoms with Crippen LogP contribution in [0.15, 0.2) is 16.6 Å². The van der Waals surface area contributed by atoms with Gasteiger partial charge in [0.25, 0.3) is 0 Å². The van der Waals surface area contributed by atoms with Crippen LogP contribution < -0.4 is 9.47 Å². The molecule has 0 amide bonds. The highest BCUT2D eigenvalue weighted by Gasteiger charge is 2.11. The van der Waals surface area contributed by atoms with Crippen molar-refractivity contribution in [2.75, 3.05) is 13.7 Å². The normalized spacial score (nSPS) is 9.85. The van der Waals surface area contributed by atoms with Crippen LogP contribution in [0.3, 0.4) is 0 Å².